The molecule has 0 aromatic carbocycles. The summed E-state index contributed by atoms with van der Waals surface area (Å²) in [5.41, 5.74) is 5.42. The third-order valence-electron chi connectivity index (χ3n) is 4.40. The molecular formula is C15H29ClN4O2. The van der Waals surface area contributed by atoms with Crippen LogP contribution in [0.25, 0.3) is 0 Å². The monoisotopic (exact) mass is 332 g/mol. The van der Waals surface area contributed by atoms with Gasteiger partial charge in [-0.1, -0.05) is 12.8 Å². The second kappa shape index (κ2) is 10.0. The number of hydrogen-bond acceptors (Lipinski definition) is 4. The number of hydrogen-bond donors (Lipinski definition) is 1. The molecule has 7 heteroatoms. The second-order valence-corrected chi connectivity index (χ2v) is 5.99. The molecule has 22 heavy (non-hydrogen) atoms. The molecule has 2 heterocycles. The number of carbonyl (C=O) groups is 2. The van der Waals surface area contributed by atoms with Crippen molar-refractivity contribution < 1.29 is 9.59 Å². The van der Waals surface area contributed by atoms with Crippen LogP contribution in [0.1, 0.15) is 32.1 Å². The number of nitrogens with zero attached hydrogens (tertiary/aromatic N) is 3. The summed E-state index contributed by atoms with van der Waals surface area (Å²) in [4.78, 5) is 30.1. The molecule has 0 bridgehead atoms. The van der Waals surface area contributed by atoms with Gasteiger partial charge in [-0.2, -0.15) is 0 Å². The maximum absolute atomic E-state index is 12.3. The molecule has 2 saturated heterocycles. The predicted octanol–water partition coefficient (Wildman–Crippen LogP) is 0.304. The van der Waals surface area contributed by atoms with E-state index in [1.54, 1.807) is 0 Å². The lowest BCUT2D eigenvalue weighted by atomic mass is 10.2. The molecule has 2 N–H and O–H groups in total. The molecule has 0 saturated carbocycles. The van der Waals surface area contributed by atoms with Crippen LogP contribution in [-0.2, 0) is 9.59 Å². The Labute approximate surface area is 139 Å². The molecule has 0 aromatic rings. The second-order valence-electron chi connectivity index (χ2n) is 5.99. The van der Waals surface area contributed by atoms with Crippen LogP contribution in [0, 0.1) is 0 Å². The van der Waals surface area contributed by atoms with Crippen molar-refractivity contribution in [2.24, 2.45) is 5.73 Å². The van der Waals surface area contributed by atoms with Crippen LogP contribution in [0.2, 0.25) is 0 Å². The van der Waals surface area contributed by atoms with Crippen molar-refractivity contribution in [2.75, 3.05) is 52.4 Å². The maximum atomic E-state index is 12.3. The fourth-order valence-corrected chi connectivity index (χ4v) is 3.05. The van der Waals surface area contributed by atoms with Gasteiger partial charge in [-0.3, -0.25) is 14.5 Å². The Morgan fingerprint density at radius 1 is 0.773 bits per heavy atom. The zero-order valence-corrected chi connectivity index (χ0v) is 14.2. The van der Waals surface area contributed by atoms with E-state index in [-0.39, 0.29) is 24.2 Å². The summed E-state index contributed by atoms with van der Waals surface area (Å²) in [6, 6.07) is 0. The first-order chi connectivity index (χ1) is 10.2. The van der Waals surface area contributed by atoms with Gasteiger partial charge in [0.25, 0.3) is 0 Å². The Morgan fingerprint density at radius 3 is 1.86 bits per heavy atom. The molecule has 2 aliphatic heterocycles. The third-order valence-corrected chi connectivity index (χ3v) is 4.40. The van der Waals surface area contributed by atoms with Crippen molar-refractivity contribution in [1.29, 1.82) is 0 Å². The summed E-state index contributed by atoms with van der Waals surface area (Å²) in [6.07, 6.45) is 5.17. The highest BCUT2D eigenvalue weighted by molar-refractivity contribution is 5.85. The first-order valence-corrected chi connectivity index (χ1v) is 8.18. The van der Waals surface area contributed by atoms with Crippen molar-refractivity contribution in [3.05, 3.63) is 0 Å². The largest absolute Gasteiger partial charge is 0.342 e. The van der Waals surface area contributed by atoms with Gasteiger partial charge in [-0.05, 0) is 12.8 Å². The van der Waals surface area contributed by atoms with E-state index in [4.69, 9.17) is 5.73 Å². The number of carbonyl (C=O) groups excluding carboxylic acids is 2. The first kappa shape index (κ1) is 19.2. The van der Waals surface area contributed by atoms with Crippen LogP contribution < -0.4 is 5.73 Å². The van der Waals surface area contributed by atoms with Crippen LogP contribution in [0.3, 0.4) is 0 Å². The highest BCUT2D eigenvalue weighted by Crippen LogP contribution is 2.11. The van der Waals surface area contributed by atoms with Gasteiger partial charge in [0.2, 0.25) is 11.8 Å². The molecule has 6 nitrogen and oxygen atoms in total. The molecule has 0 atom stereocenters. The number of likely N-dealkylation sites (tertiary alicyclic amines) is 1. The summed E-state index contributed by atoms with van der Waals surface area (Å²) in [5.74, 6) is 0.384. The number of piperazine rings is 1. The minimum Gasteiger partial charge on any atom is -0.342 e. The van der Waals surface area contributed by atoms with Gasteiger partial charge < -0.3 is 15.5 Å². The highest BCUT2D eigenvalue weighted by Gasteiger charge is 2.24. The van der Waals surface area contributed by atoms with Gasteiger partial charge in [0.15, 0.2) is 0 Å². The topological polar surface area (TPSA) is 69.9 Å². The average Bonchev–Trinajstić information content (AvgIpc) is 2.77. The Kier molecular flexibility index (Phi) is 8.75. The van der Waals surface area contributed by atoms with Gasteiger partial charge >= 0.3 is 0 Å². The lowest BCUT2D eigenvalue weighted by Crippen LogP contribution is -2.51. The lowest BCUT2D eigenvalue weighted by molar-refractivity contribution is -0.135. The van der Waals surface area contributed by atoms with E-state index in [9.17, 15) is 9.59 Å². The Balaban J connectivity index is 0.00000242. The van der Waals surface area contributed by atoms with Crippen LogP contribution >= 0.6 is 12.4 Å². The van der Waals surface area contributed by atoms with E-state index >= 15 is 0 Å². The van der Waals surface area contributed by atoms with Crippen LogP contribution in [0.4, 0.5) is 0 Å². The highest BCUT2D eigenvalue weighted by atomic mass is 35.5. The molecule has 0 radical (unpaired) electrons. The quantitative estimate of drug-likeness (QED) is 0.804. The normalized spacial score (nSPS) is 20.2. The number of amides is 2. The average molecular weight is 333 g/mol. The minimum absolute atomic E-state index is 0. The van der Waals surface area contributed by atoms with Crippen LogP contribution in [0.5, 0.6) is 0 Å². The number of nitrogens with two attached hydrogens (primary N) is 1. The molecule has 0 aliphatic carbocycles. The zero-order chi connectivity index (χ0) is 15.1. The first-order valence-electron chi connectivity index (χ1n) is 8.18. The summed E-state index contributed by atoms with van der Waals surface area (Å²) in [6.45, 7) is 5.73. The van der Waals surface area contributed by atoms with Crippen LogP contribution in [-0.4, -0.2) is 78.9 Å². The van der Waals surface area contributed by atoms with Crippen molar-refractivity contribution in [3.8, 4) is 0 Å². The molecular weight excluding hydrogens is 304 g/mol. The van der Waals surface area contributed by atoms with E-state index < -0.39 is 0 Å². The Hall–Kier alpha value is -0.850. The van der Waals surface area contributed by atoms with Crippen LogP contribution in [0.15, 0.2) is 0 Å². The smallest absolute Gasteiger partial charge is 0.236 e. The molecule has 2 aliphatic rings. The van der Waals surface area contributed by atoms with E-state index in [1.165, 1.54) is 12.8 Å². The van der Waals surface area contributed by atoms with Gasteiger partial charge in [-0.25, -0.2) is 0 Å². The minimum atomic E-state index is 0. The molecule has 0 unspecified atom stereocenters. The summed E-state index contributed by atoms with van der Waals surface area (Å²) in [7, 11) is 0. The van der Waals surface area contributed by atoms with Gasteiger partial charge in [0, 0.05) is 52.2 Å². The standard InChI is InChI=1S/C15H28N4O2.ClH/c16-6-5-14(20)19-11-9-17(10-12-19)13-15(21)18-7-3-1-2-4-8-18;/h1-13,16H2;1H. The van der Waals surface area contributed by atoms with Crippen molar-refractivity contribution in [1.82, 2.24) is 14.7 Å². The van der Waals surface area contributed by atoms with Gasteiger partial charge in [-0.15, -0.1) is 12.4 Å². The van der Waals surface area contributed by atoms with Crippen molar-refractivity contribution in [2.45, 2.75) is 32.1 Å². The molecule has 2 fully saturated rings. The fraction of sp³-hybridized carbons (Fsp3) is 0.867. The number of halogens is 1. The molecule has 2 amide bonds. The molecule has 2 rings (SSSR count). The maximum Gasteiger partial charge on any atom is 0.236 e. The van der Waals surface area contributed by atoms with Crippen molar-refractivity contribution >= 4 is 24.2 Å². The lowest BCUT2D eigenvalue weighted by Gasteiger charge is -2.35. The fourth-order valence-electron chi connectivity index (χ4n) is 3.05. The van der Waals surface area contributed by atoms with E-state index in [0.29, 0.717) is 32.6 Å². The Bertz CT molecular complexity index is 351. The van der Waals surface area contributed by atoms with E-state index in [1.807, 2.05) is 9.80 Å². The summed E-state index contributed by atoms with van der Waals surface area (Å²) in [5, 5.41) is 0. The summed E-state index contributed by atoms with van der Waals surface area (Å²) >= 11 is 0. The van der Waals surface area contributed by atoms with Gasteiger partial charge in [0.1, 0.15) is 0 Å². The molecule has 0 aromatic heterocycles. The predicted molar refractivity (Wildman–Crippen MR) is 89.0 cm³/mol. The number of rotatable bonds is 4. The third kappa shape index (κ3) is 5.74. The summed E-state index contributed by atoms with van der Waals surface area (Å²) < 4.78 is 0. The van der Waals surface area contributed by atoms with E-state index in [0.717, 1.165) is 39.0 Å². The van der Waals surface area contributed by atoms with Crippen molar-refractivity contribution in [3.63, 3.8) is 0 Å². The SMILES string of the molecule is Cl.NCCC(=O)N1CCN(CC(=O)N2CCCCCC2)CC1. The Morgan fingerprint density at radius 2 is 1.32 bits per heavy atom. The molecule has 0 spiro atoms. The molecule has 128 valence electrons. The zero-order valence-electron chi connectivity index (χ0n) is 13.3. The van der Waals surface area contributed by atoms with E-state index in [2.05, 4.69) is 4.90 Å². The van der Waals surface area contributed by atoms with Gasteiger partial charge in [0.05, 0.1) is 6.54 Å².